The first-order valence-electron chi connectivity index (χ1n) is 7.97. The number of aromatic nitrogens is 1. The van der Waals surface area contributed by atoms with E-state index in [1.165, 1.54) is 6.42 Å². The predicted octanol–water partition coefficient (Wildman–Crippen LogP) is 2.39. The number of fused-ring (bicyclic) bond motifs is 1. The van der Waals surface area contributed by atoms with Gasteiger partial charge < -0.3 is 21.4 Å². The summed E-state index contributed by atoms with van der Waals surface area (Å²) in [7, 11) is 1.79. The Labute approximate surface area is 134 Å². The van der Waals surface area contributed by atoms with Crippen LogP contribution in [0.1, 0.15) is 42.5 Å². The molecular formula is C17H22N4O2. The van der Waals surface area contributed by atoms with Crippen LogP contribution >= 0.6 is 0 Å². The van der Waals surface area contributed by atoms with E-state index in [0.29, 0.717) is 16.5 Å². The molecule has 1 aliphatic rings. The monoisotopic (exact) mass is 314 g/mol. The van der Waals surface area contributed by atoms with Crippen LogP contribution in [0.15, 0.2) is 18.2 Å². The van der Waals surface area contributed by atoms with Crippen molar-refractivity contribution in [1.82, 2.24) is 4.98 Å². The number of amides is 2. The molecule has 6 nitrogen and oxygen atoms in total. The van der Waals surface area contributed by atoms with Crippen molar-refractivity contribution in [3.63, 3.8) is 0 Å². The van der Waals surface area contributed by atoms with E-state index in [4.69, 9.17) is 11.5 Å². The number of hydrogen-bond donors (Lipinski definition) is 3. The van der Waals surface area contributed by atoms with E-state index in [0.717, 1.165) is 31.4 Å². The lowest BCUT2D eigenvalue weighted by Crippen LogP contribution is -2.33. The number of rotatable bonds is 3. The summed E-state index contributed by atoms with van der Waals surface area (Å²) >= 11 is 0. The van der Waals surface area contributed by atoms with Gasteiger partial charge in [-0.3, -0.25) is 9.59 Å². The third kappa shape index (κ3) is 2.76. The van der Waals surface area contributed by atoms with E-state index >= 15 is 0 Å². The van der Waals surface area contributed by atoms with E-state index in [1.54, 1.807) is 18.0 Å². The molecule has 23 heavy (non-hydrogen) atoms. The van der Waals surface area contributed by atoms with Crippen LogP contribution in [0.4, 0.5) is 11.5 Å². The summed E-state index contributed by atoms with van der Waals surface area (Å²) < 4.78 is 0. The standard InChI is InChI=1S/C17H22N4O2/c1-21(17(23)10-5-3-2-4-6-10)11-7-8-12-13(9-11)20-15(18)14(12)16(19)22/h7-10,20H,2-6,18H2,1H3,(H2,19,22). The molecule has 122 valence electrons. The van der Waals surface area contributed by atoms with Gasteiger partial charge in [-0.1, -0.05) is 19.3 Å². The molecule has 6 heteroatoms. The smallest absolute Gasteiger partial charge is 0.253 e. The molecule has 0 aliphatic heterocycles. The van der Waals surface area contributed by atoms with Gasteiger partial charge in [0, 0.05) is 29.6 Å². The zero-order chi connectivity index (χ0) is 16.6. The minimum atomic E-state index is -0.562. The third-order valence-electron chi connectivity index (χ3n) is 4.73. The van der Waals surface area contributed by atoms with Gasteiger partial charge in [0.1, 0.15) is 5.82 Å². The summed E-state index contributed by atoms with van der Waals surface area (Å²) in [6, 6.07) is 5.43. The number of nitrogens with zero attached hydrogens (tertiary/aromatic N) is 1. The number of nitrogens with one attached hydrogen (secondary N) is 1. The van der Waals surface area contributed by atoms with Crippen molar-refractivity contribution in [3.05, 3.63) is 23.8 Å². The fraction of sp³-hybridized carbons (Fsp3) is 0.412. The molecule has 0 unspecified atom stereocenters. The van der Waals surface area contributed by atoms with Crippen molar-refractivity contribution in [3.8, 4) is 0 Å². The number of anilines is 2. The lowest BCUT2D eigenvalue weighted by atomic mass is 9.88. The highest BCUT2D eigenvalue weighted by molar-refractivity contribution is 6.11. The minimum Gasteiger partial charge on any atom is -0.385 e. The van der Waals surface area contributed by atoms with Gasteiger partial charge in [-0.15, -0.1) is 0 Å². The van der Waals surface area contributed by atoms with Gasteiger partial charge in [-0.2, -0.15) is 0 Å². The number of nitrogens with two attached hydrogens (primary N) is 2. The molecule has 0 saturated heterocycles. The zero-order valence-corrected chi connectivity index (χ0v) is 13.3. The van der Waals surface area contributed by atoms with Gasteiger partial charge in [-0.25, -0.2) is 0 Å². The number of aromatic amines is 1. The number of benzene rings is 1. The Morgan fingerprint density at radius 3 is 2.57 bits per heavy atom. The molecule has 1 aromatic heterocycles. The molecule has 5 N–H and O–H groups in total. The molecule has 1 aliphatic carbocycles. The Morgan fingerprint density at radius 2 is 1.91 bits per heavy atom. The lowest BCUT2D eigenvalue weighted by Gasteiger charge is -2.26. The maximum atomic E-state index is 12.6. The quantitative estimate of drug-likeness (QED) is 0.810. The Hall–Kier alpha value is -2.50. The Kier molecular flexibility index (Phi) is 3.98. The number of carbonyl (C=O) groups excluding carboxylic acids is 2. The van der Waals surface area contributed by atoms with Crippen LogP contribution in [0.2, 0.25) is 0 Å². The Balaban J connectivity index is 1.90. The highest BCUT2D eigenvalue weighted by Crippen LogP contribution is 2.30. The molecule has 0 spiro atoms. The normalized spacial score (nSPS) is 15.7. The van der Waals surface area contributed by atoms with E-state index < -0.39 is 5.91 Å². The van der Waals surface area contributed by atoms with Crippen molar-refractivity contribution in [2.24, 2.45) is 11.7 Å². The summed E-state index contributed by atoms with van der Waals surface area (Å²) in [6.45, 7) is 0. The maximum Gasteiger partial charge on any atom is 0.253 e. The van der Waals surface area contributed by atoms with E-state index in [1.807, 2.05) is 12.1 Å². The van der Waals surface area contributed by atoms with Gasteiger partial charge in [0.2, 0.25) is 5.91 Å². The van der Waals surface area contributed by atoms with E-state index in [-0.39, 0.29) is 17.6 Å². The van der Waals surface area contributed by atoms with Crippen molar-refractivity contribution >= 4 is 34.2 Å². The minimum absolute atomic E-state index is 0.110. The topological polar surface area (TPSA) is 105 Å². The van der Waals surface area contributed by atoms with Crippen LogP contribution in [-0.4, -0.2) is 23.8 Å². The average molecular weight is 314 g/mol. The van der Waals surface area contributed by atoms with Gasteiger partial charge in [0.25, 0.3) is 5.91 Å². The van der Waals surface area contributed by atoms with Gasteiger partial charge in [0.05, 0.1) is 5.56 Å². The van der Waals surface area contributed by atoms with Gasteiger partial charge in [-0.05, 0) is 31.0 Å². The lowest BCUT2D eigenvalue weighted by molar-refractivity contribution is -0.123. The first-order valence-corrected chi connectivity index (χ1v) is 7.97. The van der Waals surface area contributed by atoms with Crippen molar-refractivity contribution in [2.45, 2.75) is 32.1 Å². The molecule has 2 amide bonds. The molecule has 1 saturated carbocycles. The van der Waals surface area contributed by atoms with Crippen LogP contribution in [0, 0.1) is 5.92 Å². The van der Waals surface area contributed by atoms with Crippen LogP contribution < -0.4 is 16.4 Å². The summed E-state index contributed by atoms with van der Waals surface area (Å²) in [5, 5.41) is 0.678. The van der Waals surface area contributed by atoms with Gasteiger partial charge in [0.15, 0.2) is 0 Å². The fourth-order valence-electron chi connectivity index (χ4n) is 3.43. The van der Waals surface area contributed by atoms with Crippen LogP contribution in [-0.2, 0) is 4.79 Å². The molecule has 3 rings (SSSR count). The Bertz CT molecular complexity index is 759. The second-order valence-corrected chi connectivity index (χ2v) is 6.24. The molecule has 2 aromatic rings. The average Bonchev–Trinajstić information content (AvgIpc) is 2.89. The Morgan fingerprint density at radius 1 is 1.22 bits per heavy atom. The maximum absolute atomic E-state index is 12.6. The SMILES string of the molecule is CN(C(=O)C1CCCCC1)c1ccc2c(C(N)=O)c(N)[nH]c2c1. The molecule has 1 fully saturated rings. The first-order chi connectivity index (χ1) is 11.0. The van der Waals surface area contributed by atoms with E-state index in [9.17, 15) is 9.59 Å². The van der Waals surface area contributed by atoms with Crippen molar-refractivity contribution < 1.29 is 9.59 Å². The molecule has 0 bridgehead atoms. The van der Waals surface area contributed by atoms with Crippen LogP contribution in [0.5, 0.6) is 0 Å². The molecule has 1 aromatic carbocycles. The van der Waals surface area contributed by atoms with Crippen LogP contribution in [0.25, 0.3) is 10.9 Å². The summed E-state index contributed by atoms with van der Waals surface area (Å²) in [5.41, 5.74) is 13.0. The van der Waals surface area contributed by atoms with Crippen molar-refractivity contribution in [2.75, 3.05) is 17.7 Å². The third-order valence-corrected chi connectivity index (χ3v) is 4.73. The van der Waals surface area contributed by atoms with E-state index in [2.05, 4.69) is 4.98 Å². The number of carbonyl (C=O) groups is 2. The largest absolute Gasteiger partial charge is 0.385 e. The number of primary amides is 1. The number of hydrogen-bond acceptors (Lipinski definition) is 3. The highest BCUT2D eigenvalue weighted by atomic mass is 16.2. The predicted molar refractivity (Wildman–Crippen MR) is 91.2 cm³/mol. The molecule has 0 atom stereocenters. The second-order valence-electron chi connectivity index (χ2n) is 6.24. The second kappa shape index (κ2) is 5.95. The first kappa shape index (κ1) is 15.4. The number of H-pyrrole nitrogens is 1. The summed E-state index contributed by atoms with van der Waals surface area (Å²) in [4.78, 5) is 28.8. The fourth-order valence-corrected chi connectivity index (χ4v) is 3.43. The highest BCUT2D eigenvalue weighted by Gasteiger charge is 2.25. The van der Waals surface area contributed by atoms with Crippen molar-refractivity contribution in [1.29, 1.82) is 0 Å². The number of nitrogen functional groups attached to an aromatic ring is 1. The summed E-state index contributed by atoms with van der Waals surface area (Å²) in [6.07, 6.45) is 5.40. The zero-order valence-electron chi connectivity index (χ0n) is 13.3. The van der Waals surface area contributed by atoms with Gasteiger partial charge >= 0.3 is 0 Å². The molecular weight excluding hydrogens is 292 g/mol. The van der Waals surface area contributed by atoms with Crippen LogP contribution in [0.3, 0.4) is 0 Å². The summed E-state index contributed by atoms with van der Waals surface area (Å²) in [5.74, 6) is -0.0444. The molecule has 0 radical (unpaired) electrons. The molecule has 1 heterocycles.